The number of aromatic carboxylic acids is 1. The molecule has 2 N–H and O–H groups in total. The van der Waals surface area contributed by atoms with Gasteiger partial charge in [0.15, 0.2) is 5.84 Å². The Hall–Kier alpha value is -3.07. The Labute approximate surface area is 165 Å². The Kier molecular flexibility index (Phi) is 5.84. The third kappa shape index (κ3) is 3.79. The van der Waals surface area contributed by atoms with Crippen LogP contribution >= 0.6 is 11.6 Å². The number of carboxylic acid groups (broad SMARTS) is 1. The van der Waals surface area contributed by atoms with E-state index in [9.17, 15) is 14.4 Å². The first-order chi connectivity index (χ1) is 13.5. The highest BCUT2D eigenvalue weighted by molar-refractivity contribution is 6.33. The monoisotopic (exact) mass is 408 g/mol. The Bertz CT molecular complexity index is 916. The normalized spacial score (nSPS) is 14.9. The van der Waals surface area contributed by atoms with Crippen molar-refractivity contribution in [2.45, 2.75) is 0 Å². The molecule has 2 heterocycles. The fourth-order valence-corrected chi connectivity index (χ4v) is 3.36. The van der Waals surface area contributed by atoms with Gasteiger partial charge in [-0.1, -0.05) is 22.8 Å². The summed E-state index contributed by atoms with van der Waals surface area (Å²) < 4.78 is 19.5. The zero-order valence-electron chi connectivity index (χ0n) is 15.0. The second-order valence-corrected chi connectivity index (χ2v) is 6.46. The number of pyridine rings is 1. The van der Waals surface area contributed by atoms with Crippen LogP contribution < -0.4 is 9.64 Å². The van der Waals surface area contributed by atoms with Crippen molar-refractivity contribution in [3.05, 3.63) is 52.4 Å². The Morgan fingerprint density at radius 2 is 2.04 bits per heavy atom. The van der Waals surface area contributed by atoms with Crippen LogP contribution in [0.4, 0.5) is 10.2 Å². The zero-order chi connectivity index (χ0) is 20.3. The molecule has 0 unspecified atom stereocenters. The van der Waals surface area contributed by atoms with Crippen molar-refractivity contribution in [3.8, 4) is 5.75 Å². The summed E-state index contributed by atoms with van der Waals surface area (Å²) in [5, 5.41) is 22.0. The smallest absolute Gasteiger partial charge is 0.337 e. The summed E-state index contributed by atoms with van der Waals surface area (Å²) in [4.78, 5) is 18.8. The first-order valence-corrected chi connectivity index (χ1v) is 8.77. The number of hydrogen-bond donors (Lipinski definition) is 2. The number of piperazine rings is 1. The van der Waals surface area contributed by atoms with Crippen molar-refractivity contribution in [2.75, 3.05) is 38.2 Å². The molecular weight excluding hydrogens is 391 g/mol. The molecule has 0 radical (unpaired) electrons. The topological polar surface area (TPSA) is 98.5 Å². The highest BCUT2D eigenvalue weighted by Gasteiger charge is 2.27. The average Bonchev–Trinajstić information content (AvgIpc) is 2.70. The fourth-order valence-electron chi connectivity index (χ4n) is 3.07. The number of methoxy groups -OCH3 is 1. The Balaban J connectivity index is 1.77. The number of hydrogen-bond acceptors (Lipinski definition) is 6. The van der Waals surface area contributed by atoms with E-state index in [0.29, 0.717) is 32.0 Å². The number of carboxylic acids is 1. The second kappa shape index (κ2) is 8.30. The minimum atomic E-state index is -1.10. The molecule has 0 bridgehead atoms. The van der Waals surface area contributed by atoms with E-state index in [1.165, 1.54) is 31.5 Å². The predicted molar refractivity (Wildman–Crippen MR) is 101 cm³/mol. The van der Waals surface area contributed by atoms with E-state index in [4.69, 9.17) is 21.4 Å². The van der Waals surface area contributed by atoms with Crippen molar-refractivity contribution in [1.29, 1.82) is 0 Å². The number of halogens is 2. The lowest BCUT2D eigenvalue weighted by molar-refractivity contribution is 0.0696. The first-order valence-electron chi connectivity index (χ1n) is 8.40. The number of carbonyl (C=O) groups is 1. The molecule has 1 aromatic carbocycles. The van der Waals surface area contributed by atoms with E-state index in [1.54, 1.807) is 11.0 Å². The molecule has 0 saturated carbocycles. The Morgan fingerprint density at radius 3 is 2.61 bits per heavy atom. The molecule has 1 aromatic heterocycles. The predicted octanol–water partition coefficient (Wildman–Crippen LogP) is 2.54. The van der Waals surface area contributed by atoms with Crippen LogP contribution in [-0.2, 0) is 0 Å². The van der Waals surface area contributed by atoms with E-state index in [0.717, 1.165) is 0 Å². The summed E-state index contributed by atoms with van der Waals surface area (Å²) in [6.45, 7) is 1.76. The number of benzene rings is 1. The van der Waals surface area contributed by atoms with Gasteiger partial charge < -0.3 is 24.9 Å². The quantitative estimate of drug-likeness (QED) is 0.347. The van der Waals surface area contributed by atoms with Crippen LogP contribution in [-0.4, -0.2) is 65.3 Å². The van der Waals surface area contributed by atoms with Gasteiger partial charge in [-0.25, -0.2) is 14.2 Å². The number of aromatic nitrogens is 1. The van der Waals surface area contributed by atoms with E-state index < -0.39 is 11.8 Å². The van der Waals surface area contributed by atoms with Crippen LogP contribution in [0.1, 0.15) is 15.9 Å². The van der Waals surface area contributed by atoms with Crippen molar-refractivity contribution >= 4 is 29.2 Å². The molecule has 10 heteroatoms. The largest absolute Gasteiger partial charge is 0.496 e. The number of oxime groups is 1. The molecule has 148 valence electrons. The van der Waals surface area contributed by atoms with Crippen LogP contribution in [0.5, 0.6) is 5.75 Å². The van der Waals surface area contributed by atoms with Crippen molar-refractivity contribution < 1.29 is 24.2 Å². The van der Waals surface area contributed by atoms with Crippen LogP contribution in [0.25, 0.3) is 0 Å². The van der Waals surface area contributed by atoms with Crippen LogP contribution in [0, 0.1) is 5.82 Å². The molecule has 8 nitrogen and oxygen atoms in total. The molecular formula is C18H18ClFN4O4. The van der Waals surface area contributed by atoms with E-state index in [2.05, 4.69) is 10.1 Å². The summed E-state index contributed by atoms with van der Waals surface area (Å²) in [7, 11) is 1.42. The lowest BCUT2D eigenvalue weighted by Gasteiger charge is -2.37. The third-order valence-corrected chi connectivity index (χ3v) is 4.74. The van der Waals surface area contributed by atoms with Gasteiger partial charge in [0.25, 0.3) is 0 Å². The van der Waals surface area contributed by atoms with Gasteiger partial charge in [0, 0.05) is 32.4 Å². The standard InChI is InChI=1S/C18H18ClFN4O4/c1-28-14-4-2-3-13(20)15(14)17(22-27)24-7-5-23(6-8-24)16-12(19)9-11(10-21-16)18(25)26/h2-4,9-10,27H,5-8H2,1H3,(H,25,26)/b22-17-. The number of nitrogens with zero attached hydrogens (tertiary/aromatic N) is 4. The lowest BCUT2D eigenvalue weighted by Crippen LogP contribution is -2.49. The van der Waals surface area contributed by atoms with Gasteiger partial charge in [-0.05, 0) is 18.2 Å². The number of ether oxygens (including phenoxy) is 1. The highest BCUT2D eigenvalue weighted by Crippen LogP contribution is 2.27. The maximum Gasteiger partial charge on any atom is 0.337 e. The van der Waals surface area contributed by atoms with Gasteiger partial charge in [0.05, 0.1) is 23.3 Å². The number of rotatable bonds is 4. The molecule has 1 aliphatic rings. The second-order valence-electron chi connectivity index (χ2n) is 6.05. The summed E-state index contributed by atoms with van der Waals surface area (Å²) >= 11 is 6.18. The molecule has 0 spiro atoms. The summed E-state index contributed by atoms with van der Waals surface area (Å²) in [6, 6.07) is 5.73. The summed E-state index contributed by atoms with van der Waals surface area (Å²) in [6.07, 6.45) is 1.25. The van der Waals surface area contributed by atoms with E-state index in [1.807, 2.05) is 4.90 Å². The molecule has 2 aromatic rings. The maximum absolute atomic E-state index is 14.3. The molecule has 0 aliphatic carbocycles. The minimum absolute atomic E-state index is 0.00809. The van der Waals surface area contributed by atoms with Gasteiger partial charge in [-0.15, -0.1) is 0 Å². The lowest BCUT2D eigenvalue weighted by atomic mass is 10.1. The highest BCUT2D eigenvalue weighted by atomic mass is 35.5. The van der Waals surface area contributed by atoms with Crippen LogP contribution in [0.15, 0.2) is 35.6 Å². The van der Waals surface area contributed by atoms with Crippen LogP contribution in [0.2, 0.25) is 5.02 Å². The fraction of sp³-hybridized carbons (Fsp3) is 0.278. The molecule has 3 rings (SSSR count). The molecule has 0 amide bonds. The maximum atomic E-state index is 14.3. The van der Waals surface area contributed by atoms with E-state index >= 15 is 0 Å². The molecule has 1 saturated heterocycles. The molecule has 0 atom stereocenters. The van der Waals surface area contributed by atoms with Gasteiger partial charge in [-0.2, -0.15) is 0 Å². The van der Waals surface area contributed by atoms with Crippen molar-refractivity contribution in [3.63, 3.8) is 0 Å². The molecule has 28 heavy (non-hydrogen) atoms. The van der Waals surface area contributed by atoms with Gasteiger partial charge in [0.1, 0.15) is 17.4 Å². The summed E-state index contributed by atoms with van der Waals surface area (Å²) in [5.41, 5.74) is 0.0941. The van der Waals surface area contributed by atoms with Crippen molar-refractivity contribution in [2.24, 2.45) is 5.16 Å². The van der Waals surface area contributed by atoms with Gasteiger partial charge in [0.2, 0.25) is 0 Å². The SMILES string of the molecule is COc1cccc(F)c1/C(=N/O)N1CCN(c2ncc(C(=O)O)cc2Cl)CC1. The number of amidine groups is 1. The van der Waals surface area contributed by atoms with Gasteiger partial charge in [-0.3, -0.25) is 0 Å². The first kappa shape index (κ1) is 19.7. The molecule has 1 aliphatic heterocycles. The van der Waals surface area contributed by atoms with E-state index in [-0.39, 0.29) is 27.7 Å². The zero-order valence-corrected chi connectivity index (χ0v) is 15.7. The average molecular weight is 409 g/mol. The third-order valence-electron chi connectivity index (χ3n) is 4.46. The molecule has 1 fully saturated rings. The van der Waals surface area contributed by atoms with Crippen LogP contribution in [0.3, 0.4) is 0 Å². The minimum Gasteiger partial charge on any atom is -0.496 e. The van der Waals surface area contributed by atoms with Gasteiger partial charge >= 0.3 is 5.97 Å². The van der Waals surface area contributed by atoms with Crippen molar-refractivity contribution in [1.82, 2.24) is 9.88 Å². The summed E-state index contributed by atoms with van der Waals surface area (Å²) in [5.74, 6) is -0.840. The Morgan fingerprint density at radius 1 is 1.32 bits per heavy atom. The number of anilines is 1.